The topological polar surface area (TPSA) is 35.2 Å². The van der Waals surface area contributed by atoms with Crippen LogP contribution in [0.3, 0.4) is 0 Å². The standard InChI is InChI=1S/C17H19ClFNO/c1-2-21-17(12-6-4-3-5-7-12)16(20)10-13-8-9-14(18)11-15(13)19/h3-9,11,16-17H,2,10,20H2,1H3. The van der Waals surface area contributed by atoms with Gasteiger partial charge in [0.1, 0.15) is 5.82 Å². The van der Waals surface area contributed by atoms with E-state index in [-0.39, 0.29) is 18.0 Å². The highest BCUT2D eigenvalue weighted by molar-refractivity contribution is 6.30. The summed E-state index contributed by atoms with van der Waals surface area (Å²) in [6.07, 6.45) is 0.133. The maximum absolute atomic E-state index is 13.9. The monoisotopic (exact) mass is 307 g/mol. The molecule has 0 heterocycles. The summed E-state index contributed by atoms with van der Waals surface area (Å²) >= 11 is 5.77. The molecule has 2 N–H and O–H groups in total. The predicted octanol–water partition coefficient (Wildman–Crippen LogP) is 4.13. The first-order valence-electron chi connectivity index (χ1n) is 6.98. The van der Waals surface area contributed by atoms with Gasteiger partial charge in [-0.15, -0.1) is 0 Å². The van der Waals surface area contributed by atoms with Crippen molar-refractivity contribution in [1.82, 2.24) is 0 Å². The summed E-state index contributed by atoms with van der Waals surface area (Å²) in [4.78, 5) is 0. The lowest BCUT2D eigenvalue weighted by Gasteiger charge is -2.24. The maximum atomic E-state index is 13.9. The zero-order valence-corrected chi connectivity index (χ0v) is 12.7. The van der Waals surface area contributed by atoms with E-state index in [2.05, 4.69) is 0 Å². The van der Waals surface area contributed by atoms with Gasteiger partial charge < -0.3 is 10.5 Å². The lowest BCUT2D eigenvalue weighted by molar-refractivity contribution is 0.0431. The molecule has 2 nitrogen and oxygen atoms in total. The van der Waals surface area contributed by atoms with Crippen LogP contribution in [0.5, 0.6) is 0 Å². The third kappa shape index (κ3) is 4.27. The molecule has 0 saturated heterocycles. The van der Waals surface area contributed by atoms with Gasteiger partial charge in [0.25, 0.3) is 0 Å². The molecule has 2 rings (SSSR count). The summed E-state index contributed by atoms with van der Waals surface area (Å²) in [6, 6.07) is 14.1. The summed E-state index contributed by atoms with van der Waals surface area (Å²) in [7, 11) is 0. The van der Waals surface area contributed by atoms with E-state index in [4.69, 9.17) is 22.1 Å². The van der Waals surface area contributed by atoms with Gasteiger partial charge in [-0.05, 0) is 36.6 Å². The Morgan fingerprint density at radius 1 is 1.19 bits per heavy atom. The molecule has 0 radical (unpaired) electrons. The van der Waals surface area contributed by atoms with Gasteiger partial charge >= 0.3 is 0 Å². The molecule has 21 heavy (non-hydrogen) atoms. The van der Waals surface area contributed by atoms with E-state index in [1.807, 2.05) is 37.3 Å². The number of hydrogen-bond donors (Lipinski definition) is 1. The zero-order chi connectivity index (χ0) is 15.2. The van der Waals surface area contributed by atoms with Crippen molar-refractivity contribution in [2.45, 2.75) is 25.5 Å². The van der Waals surface area contributed by atoms with Crippen molar-refractivity contribution in [3.05, 3.63) is 70.5 Å². The second-order valence-electron chi connectivity index (χ2n) is 4.89. The van der Waals surface area contributed by atoms with Gasteiger partial charge in [0.15, 0.2) is 0 Å². The molecule has 0 saturated carbocycles. The quantitative estimate of drug-likeness (QED) is 0.871. The van der Waals surface area contributed by atoms with Crippen LogP contribution in [0.1, 0.15) is 24.2 Å². The first-order valence-corrected chi connectivity index (χ1v) is 7.35. The van der Waals surface area contributed by atoms with Crippen molar-refractivity contribution in [2.24, 2.45) is 5.73 Å². The van der Waals surface area contributed by atoms with Crippen molar-refractivity contribution in [1.29, 1.82) is 0 Å². The zero-order valence-electron chi connectivity index (χ0n) is 11.9. The summed E-state index contributed by atoms with van der Waals surface area (Å²) in [5.74, 6) is -0.332. The van der Waals surface area contributed by atoms with E-state index in [1.54, 1.807) is 12.1 Å². The molecule has 0 spiro atoms. The highest BCUT2D eigenvalue weighted by Crippen LogP contribution is 2.24. The second kappa shape index (κ2) is 7.55. The fraction of sp³-hybridized carbons (Fsp3) is 0.294. The van der Waals surface area contributed by atoms with Crippen LogP contribution >= 0.6 is 11.6 Å². The maximum Gasteiger partial charge on any atom is 0.127 e. The highest BCUT2D eigenvalue weighted by Gasteiger charge is 2.21. The van der Waals surface area contributed by atoms with Crippen molar-refractivity contribution < 1.29 is 9.13 Å². The van der Waals surface area contributed by atoms with Crippen LogP contribution < -0.4 is 5.73 Å². The number of halogens is 2. The van der Waals surface area contributed by atoms with Crippen molar-refractivity contribution in [3.63, 3.8) is 0 Å². The molecule has 112 valence electrons. The number of ether oxygens (including phenoxy) is 1. The molecule has 4 heteroatoms. The Bertz CT molecular complexity index is 576. The highest BCUT2D eigenvalue weighted by atomic mass is 35.5. The van der Waals surface area contributed by atoms with E-state index in [0.29, 0.717) is 23.6 Å². The van der Waals surface area contributed by atoms with Gasteiger partial charge in [0.05, 0.1) is 6.10 Å². The molecule has 2 unspecified atom stereocenters. The Balaban J connectivity index is 2.17. The molecule has 0 aliphatic rings. The molecule has 2 aromatic rings. The normalized spacial score (nSPS) is 13.9. The van der Waals surface area contributed by atoms with Crippen LogP contribution in [0.4, 0.5) is 4.39 Å². The number of benzene rings is 2. The number of rotatable bonds is 6. The Morgan fingerprint density at radius 2 is 1.90 bits per heavy atom. The van der Waals surface area contributed by atoms with Gasteiger partial charge in [0.2, 0.25) is 0 Å². The average Bonchev–Trinajstić information content (AvgIpc) is 2.48. The number of nitrogens with two attached hydrogens (primary N) is 1. The van der Waals surface area contributed by atoms with E-state index in [1.165, 1.54) is 6.07 Å². The lowest BCUT2D eigenvalue weighted by atomic mass is 9.96. The summed E-state index contributed by atoms with van der Waals surface area (Å²) < 4.78 is 19.6. The van der Waals surface area contributed by atoms with Crippen LogP contribution in [-0.4, -0.2) is 12.6 Å². The third-order valence-corrected chi connectivity index (χ3v) is 3.57. The first-order chi connectivity index (χ1) is 10.1. The molecular weight excluding hydrogens is 289 g/mol. The predicted molar refractivity (Wildman–Crippen MR) is 83.9 cm³/mol. The van der Waals surface area contributed by atoms with Crippen LogP contribution in [0.2, 0.25) is 5.02 Å². The van der Waals surface area contributed by atoms with Crippen LogP contribution in [0, 0.1) is 5.82 Å². The lowest BCUT2D eigenvalue weighted by Crippen LogP contribution is -2.32. The Morgan fingerprint density at radius 3 is 2.52 bits per heavy atom. The van der Waals surface area contributed by atoms with Crippen molar-refractivity contribution >= 4 is 11.6 Å². The summed E-state index contributed by atoms with van der Waals surface area (Å²) in [5.41, 5.74) is 7.80. The minimum absolute atomic E-state index is 0.258. The summed E-state index contributed by atoms with van der Waals surface area (Å²) in [6.45, 7) is 2.47. The molecule has 0 amide bonds. The van der Waals surface area contributed by atoms with Gasteiger partial charge in [-0.2, -0.15) is 0 Å². The van der Waals surface area contributed by atoms with E-state index in [0.717, 1.165) is 5.56 Å². The Hall–Kier alpha value is -1.42. The molecule has 0 fully saturated rings. The fourth-order valence-corrected chi connectivity index (χ4v) is 2.50. The molecule has 2 atom stereocenters. The molecule has 0 aromatic heterocycles. The molecule has 0 aliphatic heterocycles. The van der Waals surface area contributed by atoms with Gasteiger partial charge in [0, 0.05) is 17.7 Å². The van der Waals surface area contributed by atoms with Crippen molar-refractivity contribution in [3.8, 4) is 0 Å². The molecule has 2 aromatic carbocycles. The van der Waals surface area contributed by atoms with E-state index >= 15 is 0 Å². The number of hydrogen-bond acceptors (Lipinski definition) is 2. The van der Waals surface area contributed by atoms with Gasteiger partial charge in [-0.25, -0.2) is 4.39 Å². The minimum Gasteiger partial charge on any atom is -0.372 e. The van der Waals surface area contributed by atoms with Crippen LogP contribution in [0.25, 0.3) is 0 Å². The van der Waals surface area contributed by atoms with E-state index < -0.39 is 0 Å². The minimum atomic E-state index is -0.332. The Kier molecular flexibility index (Phi) is 5.74. The summed E-state index contributed by atoms with van der Waals surface area (Å²) in [5, 5.41) is 0.384. The second-order valence-corrected chi connectivity index (χ2v) is 5.33. The van der Waals surface area contributed by atoms with E-state index in [9.17, 15) is 4.39 Å². The van der Waals surface area contributed by atoms with Gasteiger partial charge in [-0.3, -0.25) is 0 Å². The van der Waals surface area contributed by atoms with Crippen molar-refractivity contribution in [2.75, 3.05) is 6.61 Å². The molecule has 0 bridgehead atoms. The smallest absolute Gasteiger partial charge is 0.127 e. The first kappa shape index (κ1) is 16.0. The van der Waals surface area contributed by atoms with Crippen LogP contribution in [0.15, 0.2) is 48.5 Å². The van der Waals surface area contributed by atoms with Crippen LogP contribution in [-0.2, 0) is 11.2 Å². The largest absolute Gasteiger partial charge is 0.372 e. The Labute approximate surface area is 129 Å². The third-order valence-electron chi connectivity index (χ3n) is 3.33. The average molecular weight is 308 g/mol. The van der Waals surface area contributed by atoms with Gasteiger partial charge in [-0.1, -0.05) is 48.0 Å². The fourth-order valence-electron chi connectivity index (χ4n) is 2.34. The molecular formula is C17H19ClFNO. The molecule has 0 aliphatic carbocycles. The SMILES string of the molecule is CCOC(c1ccccc1)C(N)Cc1ccc(Cl)cc1F.